The minimum atomic E-state index is -4.60. The Labute approximate surface area is 191 Å². The zero-order valence-corrected chi connectivity index (χ0v) is 18.9. The van der Waals surface area contributed by atoms with Gasteiger partial charge in [-0.3, -0.25) is 0 Å². The van der Waals surface area contributed by atoms with Gasteiger partial charge in [-0.2, -0.15) is 13.2 Å². The molecule has 0 radical (unpaired) electrons. The molecule has 0 bridgehead atoms. The van der Waals surface area contributed by atoms with E-state index >= 15 is 0 Å². The Hall–Kier alpha value is -2.86. The molecule has 1 aliphatic carbocycles. The van der Waals surface area contributed by atoms with E-state index in [0.29, 0.717) is 12.8 Å². The lowest BCUT2D eigenvalue weighted by atomic mass is 9.78. The molecule has 0 N–H and O–H groups in total. The fourth-order valence-corrected chi connectivity index (χ4v) is 7.15. The molecule has 33 heavy (non-hydrogen) atoms. The quantitative estimate of drug-likeness (QED) is 0.287. The molecule has 0 fully saturated rings. The SMILES string of the molecule is CCC1CCC(S(=O)(=O)c2cccc(C(F)(F)F)c2)c2c1ccc1c2ccc2ccccc21. The van der Waals surface area contributed by atoms with Gasteiger partial charge in [-0.15, -0.1) is 0 Å². The Morgan fingerprint density at radius 1 is 0.848 bits per heavy atom. The van der Waals surface area contributed by atoms with Crippen molar-refractivity contribution in [3.05, 3.63) is 89.5 Å². The van der Waals surface area contributed by atoms with Crippen LogP contribution in [0.1, 0.15) is 54.0 Å². The number of benzene rings is 4. The van der Waals surface area contributed by atoms with Gasteiger partial charge in [0.1, 0.15) is 0 Å². The first kappa shape index (κ1) is 22.0. The van der Waals surface area contributed by atoms with Crippen LogP contribution in [0.3, 0.4) is 0 Å². The van der Waals surface area contributed by atoms with Crippen molar-refractivity contribution < 1.29 is 21.6 Å². The highest BCUT2D eigenvalue weighted by molar-refractivity contribution is 7.91. The molecule has 0 aliphatic heterocycles. The first-order valence-electron chi connectivity index (χ1n) is 11.1. The van der Waals surface area contributed by atoms with E-state index in [2.05, 4.69) is 13.0 Å². The number of rotatable bonds is 3. The monoisotopic (exact) mass is 468 g/mol. The highest BCUT2D eigenvalue weighted by Crippen LogP contribution is 2.48. The van der Waals surface area contributed by atoms with Gasteiger partial charge in [0, 0.05) is 0 Å². The number of sulfone groups is 1. The van der Waals surface area contributed by atoms with Crippen molar-refractivity contribution in [2.75, 3.05) is 0 Å². The number of hydrogen-bond donors (Lipinski definition) is 0. The van der Waals surface area contributed by atoms with Crippen LogP contribution in [0.2, 0.25) is 0 Å². The molecule has 4 aromatic rings. The summed E-state index contributed by atoms with van der Waals surface area (Å²) in [6.45, 7) is 2.08. The van der Waals surface area contributed by atoms with Crippen LogP contribution in [0.25, 0.3) is 21.5 Å². The van der Waals surface area contributed by atoms with Crippen molar-refractivity contribution in [3.8, 4) is 0 Å². The van der Waals surface area contributed by atoms with Crippen molar-refractivity contribution in [1.82, 2.24) is 0 Å². The van der Waals surface area contributed by atoms with E-state index in [1.165, 1.54) is 12.1 Å². The summed E-state index contributed by atoms with van der Waals surface area (Å²) in [7, 11) is -4.03. The summed E-state index contributed by atoms with van der Waals surface area (Å²) in [4.78, 5) is -0.277. The summed E-state index contributed by atoms with van der Waals surface area (Å²) in [5, 5.41) is 3.04. The fourth-order valence-electron chi connectivity index (χ4n) is 5.24. The summed E-state index contributed by atoms with van der Waals surface area (Å²) in [6, 6.07) is 20.1. The maximum absolute atomic E-state index is 13.8. The third kappa shape index (κ3) is 3.61. The zero-order chi connectivity index (χ0) is 23.4. The fraction of sp³-hybridized carbons (Fsp3) is 0.259. The van der Waals surface area contributed by atoms with E-state index in [-0.39, 0.29) is 10.8 Å². The number of alkyl halides is 3. The van der Waals surface area contributed by atoms with Gasteiger partial charge in [-0.25, -0.2) is 8.42 Å². The topological polar surface area (TPSA) is 34.1 Å². The summed E-state index contributed by atoms with van der Waals surface area (Å²) in [5.74, 6) is 0.226. The second kappa shape index (κ2) is 7.87. The minimum absolute atomic E-state index is 0.226. The van der Waals surface area contributed by atoms with E-state index in [4.69, 9.17) is 0 Å². The molecule has 2 atom stereocenters. The number of halogens is 3. The maximum atomic E-state index is 13.8. The van der Waals surface area contributed by atoms with Gasteiger partial charge in [0.05, 0.1) is 15.7 Å². The lowest BCUT2D eigenvalue weighted by Crippen LogP contribution is -2.22. The molecule has 170 valence electrons. The van der Waals surface area contributed by atoms with Crippen LogP contribution in [0.15, 0.2) is 77.7 Å². The molecule has 5 rings (SSSR count). The molecular weight excluding hydrogens is 445 g/mol. The van der Waals surface area contributed by atoms with E-state index < -0.39 is 26.8 Å². The van der Waals surface area contributed by atoms with E-state index in [1.807, 2.05) is 42.5 Å². The summed E-state index contributed by atoms with van der Waals surface area (Å²) in [6.07, 6.45) is -2.65. The van der Waals surface area contributed by atoms with Crippen LogP contribution in [-0.2, 0) is 16.0 Å². The molecule has 6 heteroatoms. The van der Waals surface area contributed by atoms with E-state index in [0.717, 1.165) is 51.2 Å². The van der Waals surface area contributed by atoms with Gasteiger partial charge < -0.3 is 0 Å². The lowest BCUT2D eigenvalue weighted by molar-refractivity contribution is -0.137. The van der Waals surface area contributed by atoms with Gasteiger partial charge >= 0.3 is 6.18 Å². The van der Waals surface area contributed by atoms with Crippen molar-refractivity contribution in [2.45, 2.75) is 48.4 Å². The van der Waals surface area contributed by atoms with Crippen LogP contribution in [0, 0.1) is 0 Å². The Bertz CT molecular complexity index is 1470. The molecule has 4 aromatic carbocycles. The first-order valence-corrected chi connectivity index (χ1v) is 12.6. The van der Waals surface area contributed by atoms with Crippen molar-refractivity contribution >= 4 is 31.4 Å². The molecule has 0 heterocycles. The van der Waals surface area contributed by atoms with Gasteiger partial charge in [0.25, 0.3) is 0 Å². The van der Waals surface area contributed by atoms with Crippen LogP contribution in [-0.4, -0.2) is 8.42 Å². The van der Waals surface area contributed by atoms with Gasteiger partial charge in [0.15, 0.2) is 9.84 Å². The smallest absolute Gasteiger partial charge is 0.223 e. The van der Waals surface area contributed by atoms with Gasteiger partial charge in [-0.1, -0.05) is 61.5 Å². The lowest BCUT2D eigenvalue weighted by Gasteiger charge is -2.32. The summed E-state index contributed by atoms with van der Waals surface area (Å²) >= 11 is 0. The second-order valence-electron chi connectivity index (χ2n) is 8.69. The number of hydrogen-bond acceptors (Lipinski definition) is 2. The molecule has 2 unspecified atom stereocenters. The molecule has 0 amide bonds. The highest BCUT2D eigenvalue weighted by atomic mass is 32.2. The molecule has 0 saturated heterocycles. The van der Waals surface area contributed by atoms with Crippen molar-refractivity contribution in [3.63, 3.8) is 0 Å². The average molecular weight is 469 g/mol. The molecular formula is C27H23F3O2S. The maximum Gasteiger partial charge on any atom is 0.416 e. The van der Waals surface area contributed by atoms with E-state index in [1.54, 1.807) is 0 Å². The summed E-state index contributed by atoms with van der Waals surface area (Å²) in [5.41, 5.74) is 0.788. The average Bonchev–Trinajstić information content (AvgIpc) is 2.82. The Morgan fingerprint density at radius 2 is 1.61 bits per heavy atom. The Morgan fingerprint density at radius 3 is 2.36 bits per heavy atom. The third-order valence-corrected chi connectivity index (χ3v) is 9.03. The van der Waals surface area contributed by atoms with Gasteiger partial charge in [-0.05, 0) is 76.1 Å². The molecule has 0 saturated carbocycles. The Kier molecular flexibility index (Phi) is 5.24. The Balaban J connectivity index is 1.76. The van der Waals surface area contributed by atoms with Crippen LogP contribution in [0.4, 0.5) is 13.2 Å². The van der Waals surface area contributed by atoms with Crippen LogP contribution >= 0.6 is 0 Å². The summed E-state index contributed by atoms with van der Waals surface area (Å²) < 4.78 is 67.4. The molecule has 0 aromatic heterocycles. The van der Waals surface area contributed by atoms with Crippen molar-refractivity contribution in [2.24, 2.45) is 0 Å². The molecule has 1 aliphatic rings. The zero-order valence-electron chi connectivity index (χ0n) is 18.1. The van der Waals surface area contributed by atoms with Crippen LogP contribution < -0.4 is 0 Å². The minimum Gasteiger partial charge on any atom is -0.223 e. The normalized spacial score (nSPS) is 19.0. The molecule has 0 spiro atoms. The predicted molar refractivity (Wildman–Crippen MR) is 125 cm³/mol. The highest BCUT2D eigenvalue weighted by Gasteiger charge is 2.38. The van der Waals surface area contributed by atoms with Gasteiger partial charge in [0.2, 0.25) is 0 Å². The van der Waals surface area contributed by atoms with Crippen molar-refractivity contribution in [1.29, 1.82) is 0 Å². The van der Waals surface area contributed by atoms with Crippen LogP contribution in [0.5, 0.6) is 0 Å². The third-order valence-electron chi connectivity index (χ3n) is 6.90. The standard InChI is InChI=1S/C27H23F3O2S/c1-2-17-11-15-25(33(31,32)20-8-5-7-19(16-20)27(28,29)30)26-22(17)13-14-23-21-9-4-3-6-18(21)10-12-24(23)26/h3-10,12-14,16-17,25H,2,11,15H2,1H3. The first-order chi connectivity index (χ1) is 15.7. The second-order valence-corrected chi connectivity index (χ2v) is 10.8. The predicted octanol–water partition coefficient (Wildman–Crippen LogP) is 7.81. The number of fused-ring (bicyclic) bond motifs is 5. The van der Waals surface area contributed by atoms with E-state index in [9.17, 15) is 21.6 Å². The largest absolute Gasteiger partial charge is 0.416 e. The molecule has 2 nitrogen and oxygen atoms in total.